The highest BCUT2D eigenvalue weighted by Crippen LogP contribution is 2.33. The molecule has 0 spiro atoms. The number of anilines is 1. The molecular formula is C24H25NO6S. The van der Waals surface area contributed by atoms with E-state index in [9.17, 15) is 14.4 Å². The molecule has 0 bridgehead atoms. The van der Waals surface area contributed by atoms with Crippen LogP contribution < -0.4 is 10.1 Å². The third-order valence-electron chi connectivity index (χ3n) is 4.51. The molecule has 0 aliphatic rings. The third-order valence-corrected chi connectivity index (χ3v) is 5.86. The second-order valence-corrected chi connectivity index (χ2v) is 8.36. The minimum Gasteiger partial charge on any atom is -0.482 e. The summed E-state index contributed by atoms with van der Waals surface area (Å²) in [5, 5.41) is 5.07. The van der Waals surface area contributed by atoms with Crippen LogP contribution in [-0.4, -0.2) is 37.7 Å². The maximum absolute atomic E-state index is 12.3. The van der Waals surface area contributed by atoms with Crippen molar-refractivity contribution in [3.63, 3.8) is 0 Å². The maximum atomic E-state index is 12.3. The van der Waals surface area contributed by atoms with Crippen molar-refractivity contribution in [2.45, 2.75) is 26.7 Å². The fourth-order valence-electron chi connectivity index (χ4n) is 2.90. The van der Waals surface area contributed by atoms with Crippen molar-refractivity contribution in [3.05, 3.63) is 59.0 Å². The molecule has 168 valence electrons. The Bertz CT molecular complexity index is 1120. The third kappa shape index (κ3) is 6.07. The van der Waals surface area contributed by atoms with Gasteiger partial charge < -0.3 is 19.5 Å². The predicted molar refractivity (Wildman–Crippen MR) is 123 cm³/mol. The molecule has 32 heavy (non-hydrogen) atoms. The zero-order valence-electron chi connectivity index (χ0n) is 18.2. The Hall–Kier alpha value is -3.39. The molecule has 1 aromatic heterocycles. The molecule has 2 aromatic carbocycles. The van der Waals surface area contributed by atoms with Gasteiger partial charge in [-0.3, -0.25) is 4.79 Å². The van der Waals surface area contributed by atoms with Crippen LogP contribution in [0.5, 0.6) is 5.75 Å². The summed E-state index contributed by atoms with van der Waals surface area (Å²) in [4.78, 5) is 37.4. The van der Waals surface area contributed by atoms with Gasteiger partial charge in [-0.15, -0.1) is 11.3 Å². The fraction of sp³-hybridized carbons (Fsp3) is 0.292. The molecule has 1 heterocycles. The highest BCUT2D eigenvalue weighted by Gasteiger charge is 2.20. The summed E-state index contributed by atoms with van der Waals surface area (Å²) >= 11 is 1.29. The SMILES string of the molecule is CCOC(=O)c1cc(C(C)C)sc1NC(=O)COC(=O)COc1ccc2ccccc2c1. The fourth-order valence-corrected chi connectivity index (χ4v) is 3.96. The summed E-state index contributed by atoms with van der Waals surface area (Å²) in [6.45, 7) is 5.11. The highest BCUT2D eigenvalue weighted by atomic mass is 32.1. The summed E-state index contributed by atoms with van der Waals surface area (Å²) in [5.41, 5.74) is 0.292. The van der Waals surface area contributed by atoms with Crippen molar-refractivity contribution in [2.75, 3.05) is 25.1 Å². The molecular weight excluding hydrogens is 430 g/mol. The van der Waals surface area contributed by atoms with E-state index in [0.717, 1.165) is 15.6 Å². The van der Waals surface area contributed by atoms with Crippen LogP contribution in [0.1, 0.15) is 41.9 Å². The van der Waals surface area contributed by atoms with Crippen LogP contribution in [0.15, 0.2) is 48.5 Å². The normalized spacial score (nSPS) is 10.8. The molecule has 0 saturated carbocycles. The molecule has 0 fully saturated rings. The number of hydrogen-bond donors (Lipinski definition) is 1. The summed E-state index contributed by atoms with van der Waals surface area (Å²) in [5.74, 6) is -1.01. The van der Waals surface area contributed by atoms with Gasteiger partial charge in [0.05, 0.1) is 12.2 Å². The Kier molecular flexibility index (Phi) is 7.83. The van der Waals surface area contributed by atoms with Gasteiger partial charge in [0, 0.05) is 4.88 Å². The van der Waals surface area contributed by atoms with Gasteiger partial charge in [0.15, 0.2) is 13.2 Å². The number of hydrogen-bond acceptors (Lipinski definition) is 7. The maximum Gasteiger partial charge on any atom is 0.344 e. The van der Waals surface area contributed by atoms with E-state index < -0.39 is 24.5 Å². The lowest BCUT2D eigenvalue weighted by atomic mass is 10.1. The van der Waals surface area contributed by atoms with Crippen LogP contribution in [-0.2, 0) is 19.1 Å². The Morgan fingerprint density at radius 3 is 2.44 bits per heavy atom. The zero-order valence-corrected chi connectivity index (χ0v) is 19.0. The quantitative estimate of drug-likeness (QED) is 0.468. The zero-order chi connectivity index (χ0) is 23.1. The first-order valence-electron chi connectivity index (χ1n) is 10.2. The molecule has 0 atom stereocenters. The van der Waals surface area contributed by atoms with Crippen LogP contribution in [0, 0.1) is 0 Å². The van der Waals surface area contributed by atoms with E-state index in [1.54, 1.807) is 19.1 Å². The minimum absolute atomic E-state index is 0.184. The van der Waals surface area contributed by atoms with E-state index in [1.807, 2.05) is 50.2 Å². The van der Waals surface area contributed by atoms with Gasteiger partial charge in [0.1, 0.15) is 10.8 Å². The van der Waals surface area contributed by atoms with Gasteiger partial charge in [-0.2, -0.15) is 0 Å². The Morgan fingerprint density at radius 2 is 1.72 bits per heavy atom. The lowest BCUT2D eigenvalue weighted by Crippen LogP contribution is -2.24. The van der Waals surface area contributed by atoms with E-state index >= 15 is 0 Å². The van der Waals surface area contributed by atoms with Gasteiger partial charge in [0.25, 0.3) is 5.91 Å². The molecule has 1 amide bonds. The smallest absolute Gasteiger partial charge is 0.344 e. The molecule has 3 aromatic rings. The van der Waals surface area contributed by atoms with E-state index in [-0.39, 0.29) is 19.1 Å². The van der Waals surface area contributed by atoms with Gasteiger partial charge in [-0.1, -0.05) is 44.2 Å². The highest BCUT2D eigenvalue weighted by molar-refractivity contribution is 7.16. The predicted octanol–water partition coefficient (Wildman–Crippen LogP) is 4.76. The topological polar surface area (TPSA) is 90.9 Å². The average Bonchev–Trinajstić information content (AvgIpc) is 3.20. The molecule has 1 N–H and O–H groups in total. The van der Waals surface area contributed by atoms with E-state index in [1.165, 1.54) is 11.3 Å². The van der Waals surface area contributed by atoms with E-state index in [0.29, 0.717) is 16.3 Å². The number of fused-ring (bicyclic) bond motifs is 1. The van der Waals surface area contributed by atoms with Gasteiger partial charge in [-0.25, -0.2) is 9.59 Å². The summed E-state index contributed by atoms with van der Waals surface area (Å²) in [6.07, 6.45) is 0. The van der Waals surface area contributed by atoms with Crippen LogP contribution in [0.4, 0.5) is 5.00 Å². The molecule has 0 unspecified atom stereocenters. The van der Waals surface area contributed by atoms with Crippen LogP contribution in [0.3, 0.4) is 0 Å². The number of carbonyl (C=O) groups is 3. The molecule has 0 aliphatic heterocycles. The van der Waals surface area contributed by atoms with Crippen LogP contribution >= 0.6 is 11.3 Å². The van der Waals surface area contributed by atoms with Crippen molar-refractivity contribution < 1.29 is 28.6 Å². The summed E-state index contributed by atoms with van der Waals surface area (Å²) in [7, 11) is 0. The van der Waals surface area contributed by atoms with Crippen molar-refractivity contribution >= 4 is 45.0 Å². The first-order chi connectivity index (χ1) is 15.4. The minimum atomic E-state index is -0.673. The second kappa shape index (κ2) is 10.8. The van der Waals surface area contributed by atoms with Crippen molar-refractivity contribution in [1.29, 1.82) is 0 Å². The largest absolute Gasteiger partial charge is 0.482 e. The number of carbonyl (C=O) groups excluding carboxylic acids is 3. The molecule has 0 radical (unpaired) electrons. The van der Waals surface area contributed by atoms with Crippen molar-refractivity contribution in [2.24, 2.45) is 0 Å². The van der Waals surface area contributed by atoms with Crippen molar-refractivity contribution in [3.8, 4) is 5.75 Å². The summed E-state index contributed by atoms with van der Waals surface area (Å²) in [6, 6.07) is 15.0. The lowest BCUT2D eigenvalue weighted by Gasteiger charge is -2.09. The molecule has 7 nitrogen and oxygen atoms in total. The molecule has 3 rings (SSSR count). The standard InChI is InChI=1S/C24H25NO6S/c1-4-29-24(28)19-12-20(15(2)3)32-23(19)25-21(26)13-31-22(27)14-30-18-10-9-16-7-5-6-8-17(16)11-18/h5-12,15H,4,13-14H2,1-3H3,(H,25,26). The molecule has 0 saturated heterocycles. The van der Waals surface area contributed by atoms with Crippen LogP contribution in [0.25, 0.3) is 10.8 Å². The van der Waals surface area contributed by atoms with E-state index in [4.69, 9.17) is 14.2 Å². The lowest BCUT2D eigenvalue weighted by molar-refractivity contribution is -0.149. The number of ether oxygens (including phenoxy) is 3. The first-order valence-corrected chi connectivity index (χ1v) is 11.1. The number of benzene rings is 2. The number of thiophene rings is 1. The first kappa shape index (κ1) is 23.3. The Morgan fingerprint density at radius 1 is 0.969 bits per heavy atom. The van der Waals surface area contributed by atoms with Gasteiger partial charge in [-0.05, 0) is 41.8 Å². The van der Waals surface area contributed by atoms with Crippen LogP contribution in [0.2, 0.25) is 0 Å². The summed E-state index contributed by atoms with van der Waals surface area (Å²) < 4.78 is 15.5. The Labute approximate surface area is 190 Å². The monoisotopic (exact) mass is 455 g/mol. The molecule has 0 aliphatic carbocycles. The number of amides is 1. The number of rotatable bonds is 9. The van der Waals surface area contributed by atoms with Gasteiger partial charge >= 0.3 is 11.9 Å². The van der Waals surface area contributed by atoms with E-state index in [2.05, 4.69) is 5.32 Å². The molecule has 8 heteroatoms. The number of esters is 2. The number of nitrogens with one attached hydrogen (secondary N) is 1. The second-order valence-electron chi connectivity index (χ2n) is 7.27. The average molecular weight is 456 g/mol. The van der Waals surface area contributed by atoms with Crippen molar-refractivity contribution in [1.82, 2.24) is 0 Å². The van der Waals surface area contributed by atoms with Gasteiger partial charge in [0.2, 0.25) is 0 Å². The Balaban J connectivity index is 1.52.